The maximum Gasteiger partial charge on any atom is 0.269 e. The molecule has 0 saturated heterocycles. The fourth-order valence-corrected chi connectivity index (χ4v) is 3.49. The van der Waals surface area contributed by atoms with Crippen LogP contribution in [0.5, 0.6) is 5.75 Å². The zero-order chi connectivity index (χ0) is 20.4. The van der Waals surface area contributed by atoms with Gasteiger partial charge in [0.15, 0.2) is 6.61 Å². The number of hydrogen-bond acceptors (Lipinski definition) is 4. The summed E-state index contributed by atoms with van der Waals surface area (Å²) in [4.78, 5) is 23.5. The van der Waals surface area contributed by atoms with Crippen molar-refractivity contribution in [2.75, 3.05) is 6.61 Å². The largest absolute Gasteiger partial charge is 0.485 e. The molecule has 0 atom stereocenters. The first kappa shape index (κ1) is 18.4. The van der Waals surface area contributed by atoms with Gasteiger partial charge in [-0.05, 0) is 23.8 Å². The molecule has 6 heteroatoms. The summed E-state index contributed by atoms with van der Waals surface area (Å²) in [6.45, 7) is -0.161. The summed E-state index contributed by atoms with van der Waals surface area (Å²) in [6, 6.07) is 23.2. The Labute approximate surface area is 167 Å². The smallest absolute Gasteiger partial charge is 0.269 e. The molecule has 0 bridgehead atoms. The number of rotatable bonds is 6. The van der Waals surface area contributed by atoms with Crippen LogP contribution in [0.3, 0.4) is 0 Å². The maximum atomic E-state index is 13.2. The average Bonchev–Trinajstić information content (AvgIpc) is 3.06. The van der Waals surface area contributed by atoms with E-state index in [1.807, 2.05) is 66.2 Å². The predicted octanol–water partition coefficient (Wildman–Crippen LogP) is 5.02. The van der Waals surface area contributed by atoms with Gasteiger partial charge in [0, 0.05) is 30.1 Å². The molecular weight excluding hydrogens is 368 g/mol. The van der Waals surface area contributed by atoms with Crippen molar-refractivity contribution in [2.24, 2.45) is 7.05 Å². The Morgan fingerprint density at radius 3 is 2.31 bits per heavy atom. The molecule has 29 heavy (non-hydrogen) atoms. The number of carbonyl (C=O) groups is 1. The summed E-state index contributed by atoms with van der Waals surface area (Å²) in [7, 11) is 1.94. The van der Waals surface area contributed by atoms with Crippen LogP contribution >= 0.6 is 0 Å². The normalized spacial score (nSPS) is 10.8. The van der Waals surface area contributed by atoms with Crippen molar-refractivity contribution < 1.29 is 14.5 Å². The number of ether oxygens (including phenoxy) is 1. The number of para-hydroxylation sites is 1. The van der Waals surface area contributed by atoms with Gasteiger partial charge in [-0.3, -0.25) is 14.9 Å². The van der Waals surface area contributed by atoms with Gasteiger partial charge < -0.3 is 9.30 Å². The molecule has 0 radical (unpaired) electrons. The minimum atomic E-state index is -0.475. The summed E-state index contributed by atoms with van der Waals surface area (Å²) >= 11 is 0. The highest BCUT2D eigenvalue weighted by Crippen LogP contribution is 2.33. The van der Waals surface area contributed by atoms with Crippen molar-refractivity contribution in [1.82, 2.24) is 4.57 Å². The van der Waals surface area contributed by atoms with E-state index in [1.165, 1.54) is 24.3 Å². The van der Waals surface area contributed by atoms with Crippen LogP contribution in [0.25, 0.3) is 22.2 Å². The fourth-order valence-electron chi connectivity index (χ4n) is 3.49. The van der Waals surface area contributed by atoms with Gasteiger partial charge in [0.2, 0.25) is 5.78 Å². The number of Topliss-reactive ketones (excluding diaryl/α,β-unsaturated/α-hetero) is 1. The van der Waals surface area contributed by atoms with E-state index in [4.69, 9.17) is 4.74 Å². The highest BCUT2D eigenvalue weighted by atomic mass is 16.6. The van der Waals surface area contributed by atoms with E-state index in [-0.39, 0.29) is 18.1 Å². The number of nitro groups is 1. The van der Waals surface area contributed by atoms with E-state index in [9.17, 15) is 14.9 Å². The number of non-ortho nitro benzene ring substituents is 1. The monoisotopic (exact) mass is 386 g/mol. The Kier molecular flexibility index (Phi) is 4.83. The van der Waals surface area contributed by atoms with Crippen LogP contribution in [0.4, 0.5) is 5.69 Å². The van der Waals surface area contributed by atoms with E-state index < -0.39 is 4.92 Å². The zero-order valence-corrected chi connectivity index (χ0v) is 15.7. The number of carbonyl (C=O) groups excluding carboxylic acids is 1. The number of ketones is 1. The van der Waals surface area contributed by atoms with E-state index in [0.717, 1.165) is 22.2 Å². The van der Waals surface area contributed by atoms with Crippen LogP contribution in [0.15, 0.2) is 78.9 Å². The average molecular weight is 386 g/mol. The lowest BCUT2D eigenvalue weighted by atomic mass is 10.0. The second kappa shape index (κ2) is 7.59. The van der Waals surface area contributed by atoms with E-state index in [0.29, 0.717) is 11.3 Å². The predicted molar refractivity (Wildman–Crippen MR) is 111 cm³/mol. The number of aromatic nitrogens is 1. The maximum absolute atomic E-state index is 13.2. The Morgan fingerprint density at radius 1 is 0.966 bits per heavy atom. The molecule has 0 unspecified atom stereocenters. The summed E-state index contributed by atoms with van der Waals surface area (Å²) < 4.78 is 7.64. The lowest BCUT2D eigenvalue weighted by Gasteiger charge is -2.09. The third kappa shape index (κ3) is 3.48. The Balaban J connectivity index is 1.69. The highest BCUT2D eigenvalue weighted by Gasteiger charge is 2.22. The van der Waals surface area contributed by atoms with Crippen LogP contribution in [0.1, 0.15) is 10.4 Å². The van der Waals surface area contributed by atoms with Crippen molar-refractivity contribution in [2.45, 2.75) is 0 Å². The van der Waals surface area contributed by atoms with Gasteiger partial charge >= 0.3 is 0 Å². The van der Waals surface area contributed by atoms with Gasteiger partial charge in [-0.2, -0.15) is 0 Å². The van der Waals surface area contributed by atoms with Crippen molar-refractivity contribution in [3.63, 3.8) is 0 Å². The van der Waals surface area contributed by atoms with Crippen molar-refractivity contribution in [3.8, 4) is 17.0 Å². The van der Waals surface area contributed by atoms with Gasteiger partial charge in [-0.25, -0.2) is 0 Å². The van der Waals surface area contributed by atoms with Gasteiger partial charge in [-0.1, -0.05) is 48.5 Å². The Morgan fingerprint density at radius 2 is 1.62 bits per heavy atom. The van der Waals surface area contributed by atoms with E-state index >= 15 is 0 Å². The molecule has 144 valence electrons. The number of nitrogens with zero attached hydrogens (tertiary/aromatic N) is 2. The number of nitro benzene ring substituents is 1. The molecule has 1 aromatic heterocycles. The van der Waals surface area contributed by atoms with Crippen LogP contribution in [-0.2, 0) is 7.05 Å². The Hall–Kier alpha value is -3.93. The van der Waals surface area contributed by atoms with Crippen LogP contribution in [-0.4, -0.2) is 21.9 Å². The standard InChI is InChI=1S/C23H18N2O4/c1-24-20-10-6-5-9-19(20)22(23(24)16-7-3-2-4-8-16)21(26)15-29-18-13-11-17(12-14-18)25(27)28/h2-14H,15H2,1H3. The van der Waals surface area contributed by atoms with Crippen LogP contribution < -0.4 is 4.74 Å². The van der Waals surface area contributed by atoms with Crippen molar-refractivity contribution in [1.29, 1.82) is 0 Å². The molecule has 1 heterocycles. The van der Waals surface area contributed by atoms with Gasteiger partial charge in [0.05, 0.1) is 16.2 Å². The van der Waals surface area contributed by atoms with Crippen molar-refractivity contribution in [3.05, 3.63) is 94.5 Å². The lowest BCUT2D eigenvalue weighted by molar-refractivity contribution is -0.384. The zero-order valence-electron chi connectivity index (χ0n) is 15.7. The van der Waals surface area contributed by atoms with Gasteiger partial charge in [-0.15, -0.1) is 0 Å². The van der Waals surface area contributed by atoms with Crippen LogP contribution in [0.2, 0.25) is 0 Å². The molecule has 4 aromatic rings. The first-order valence-electron chi connectivity index (χ1n) is 9.09. The SMILES string of the molecule is Cn1c(-c2ccccc2)c(C(=O)COc2ccc([N+](=O)[O-])cc2)c2ccccc21. The van der Waals surface area contributed by atoms with E-state index in [1.54, 1.807) is 0 Å². The second-order valence-electron chi connectivity index (χ2n) is 6.63. The van der Waals surface area contributed by atoms with Gasteiger partial charge in [0.25, 0.3) is 5.69 Å². The molecule has 0 aliphatic heterocycles. The van der Waals surface area contributed by atoms with E-state index in [2.05, 4.69) is 0 Å². The summed E-state index contributed by atoms with van der Waals surface area (Å²) in [5.74, 6) is 0.254. The minimum absolute atomic E-state index is 0.0240. The molecule has 0 N–H and O–H groups in total. The third-order valence-electron chi connectivity index (χ3n) is 4.85. The Bertz CT molecular complexity index is 1200. The molecule has 0 spiro atoms. The number of benzene rings is 3. The highest BCUT2D eigenvalue weighted by molar-refractivity contribution is 6.14. The second-order valence-corrected chi connectivity index (χ2v) is 6.63. The quantitative estimate of drug-likeness (QED) is 0.265. The first-order chi connectivity index (χ1) is 14.1. The summed E-state index contributed by atoms with van der Waals surface area (Å²) in [5.41, 5.74) is 3.33. The third-order valence-corrected chi connectivity index (χ3v) is 4.85. The number of fused-ring (bicyclic) bond motifs is 1. The minimum Gasteiger partial charge on any atom is -0.485 e. The molecule has 0 aliphatic rings. The topological polar surface area (TPSA) is 74.4 Å². The van der Waals surface area contributed by atoms with Gasteiger partial charge in [0.1, 0.15) is 5.75 Å². The van der Waals surface area contributed by atoms with Crippen LogP contribution in [0, 0.1) is 10.1 Å². The first-order valence-corrected chi connectivity index (χ1v) is 9.09. The molecule has 3 aromatic carbocycles. The molecule has 0 saturated carbocycles. The lowest BCUT2D eigenvalue weighted by Crippen LogP contribution is -2.12. The summed E-state index contributed by atoms with van der Waals surface area (Å²) in [6.07, 6.45) is 0. The number of aryl methyl sites for hydroxylation is 1. The molecule has 4 rings (SSSR count). The number of hydrogen-bond donors (Lipinski definition) is 0. The summed E-state index contributed by atoms with van der Waals surface area (Å²) in [5, 5.41) is 11.6. The fraction of sp³-hybridized carbons (Fsp3) is 0.0870. The molecule has 6 nitrogen and oxygen atoms in total. The molecule has 0 fully saturated rings. The molecule has 0 amide bonds. The molecule has 0 aliphatic carbocycles. The molecular formula is C23H18N2O4. The van der Waals surface area contributed by atoms with Crippen molar-refractivity contribution >= 4 is 22.4 Å².